The lowest BCUT2D eigenvalue weighted by Crippen LogP contribution is -2.30. The summed E-state index contributed by atoms with van der Waals surface area (Å²) in [5.41, 5.74) is 0. The average molecular weight is 316 g/mol. The molecule has 114 valence electrons. The van der Waals surface area contributed by atoms with E-state index >= 15 is 0 Å². The number of hydrogen-bond donors (Lipinski definition) is 1. The third-order valence-corrected chi connectivity index (χ3v) is 6.51. The van der Waals surface area contributed by atoms with Gasteiger partial charge < -0.3 is 5.32 Å². The molecule has 1 aromatic heterocycles. The molecule has 6 heteroatoms. The maximum Gasteiger partial charge on any atom is 0.243 e. The second-order valence-corrected chi connectivity index (χ2v) is 9.32. The fourth-order valence-electron chi connectivity index (χ4n) is 2.18. The largest absolute Gasteiger partial charge is 0.309 e. The lowest BCUT2D eigenvalue weighted by atomic mass is 10.2. The van der Waals surface area contributed by atoms with E-state index in [2.05, 4.69) is 5.32 Å². The van der Waals surface area contributed by atoms with Crippen LogP contribution in [0.1, 0.15) is 36.4 Å². The minimum atomic E-state index is -3.35. The first-order valence-electron chi connectivity index (χ1n) is 7.09. The zero-order valence-electron chi connectivity index (χ0n) is 12.6. The Hall–Kier alpha value is -0.430. The standard InChI is InChI=1S/C14H24N2O2S2/c1-10(2)9-16(4)20(17,18)14-7-13(19-11(14)3)8-15-12-5-6-12/h7,10,12,15H,5-6,8-9H2,1-4H3. The van der Waals surface area contributed by atoms with Crippen LogP contribution in [0.2, 0.25) is 0 Å². The molecule has 0 saturated heterocycles. The monoisotopic (exact) mass is 316 g/mol. The van der Waals surface area contributed by atoms with Gasteiger partial charge in [-0.05, 0) is 31.7 Å². The molecule has 1 heterocycles. The molecule has 1 aliphatic rings. The Bertz CT molecular complexity index is 560. The van der Waals surface area contributed by atoms with Crippen molar-refractivity contribution in [2.24, 2.45) is 5.92 Å². The number of hydrogen-bond acceptors (Lipinski definition) is 4. The summed E-state index contributed by atoms with van der Waals surface area (Å²) in [6.45, 7) is 7.27. The Labute approximate surface area is 126 Å². The molecule has 1 saturated carbocycles. The van der Waals surface area contributed by atoms with Crippen molar-refractivity contribution >= 4 is 21.4 Å². The van der Waals surface area contributed by atoms with Gasteiger partial charge in [-0.15, -0.1) is 11.3 Å². The summed E-state index contributed by atoms with van der Waals surface area (Å²) in [6, 6.07) is 2.47. The number of nitrogens with zero attached hydrogens (tertiary/aromatic N) is 1. The van der Waals surface area contributed by atoms with Crippen molar-refractivity contribution in [2.45, 2.75) is 51.1 Å². The van der Waals surface area contributed by atoms with Crippen LogP contribution in [0.25, 0.3) is 0 Å². The predicted molar refractivity (Wildman–Crippen MR) is 83.6 cm³/mol. The fourth-order valence-corrected chi connectivity index (χ4v) is 5.07. The van der Waals surface area contributed by atoms with Gasteiger partial charge in [0.15, 0.2) is 0 Å². The third kappa shape index (κ3) is 3.81. The normalized spacial score (nSPS) is 16.3. The second kappa shape index (κ2) is 6.13. The zero-order chi connectivity index (χ0) is 14.9. The van der Waals surface area contributed by atoms with Gasteiger partial charge in [-0.2, -0.15) is 0 Å². The Balaban J connectivity index is 2.13. The lowest BCUT2D eigenvalue weighted by molar-refractivity contribution is 0.417. The zero-order valence-corrected chi connectivity index (χ0v) is 14.3. The van der Waals surface area contributed by atoms with E-state index in [1.165, 1.54) is 17.1 Å². The quantitative estimate of drug-likeness (QED) is 0.841. The van der Waals surface area contributed by atoms with Gasteiger partial charge in [-0.25, -0.2) is 12.7 Å². The molecule has 0 bridgehead atoms. The summed E-state index contributed by atoms with van der Waals surface area (Å²) in [7, 11) is -1.69. The highest BCUT2D eigenvalue weighted by molar-refractivity contribution is 7.89. The van der Waals surface area contributed by atoms with Gasteiger partial charge in [-0.1, -0.05) is 13.8 Å². The molecule has 2 rings (SSSR count). The predicted octanol–water partition coefficient (Wildman–Crippen LogP) is 2.59. The van der Waals surface area contributed by atoms with Gasteiger partial charge >= 0.3 is 0 Å². The molecular weight excluding hydrogens is 292 g/mol. The summed E-state index contributed by atoms with van der Waals surface area (Å²) in [4.78, 5) is 2.46. The van der Waals surface area contributed by atoms with Crippen molar-refractivity contribution in [1.29, 1.82) is 0 Å². The number of nitrogens with one attached hydrogen (secondary N) is 1. The highest BCUT2D eigenvalue weighted by Gasteiger charge is 2.26. The van der Waals surface area contributed by atoms with Crippen LogP contribution in [-0.4, -0.2) is 32.4 Å². The van der Waals surface area contributed by atoms with Gasteiger partial charge in [0.1, 0.15) is 0 Å². The Morgan fingerprint density at radius 1 is 1.45 bits per heavy atom. The highest BCUT2D eigenvalue weighted by Crippen LogP contribution is 2.29. The fraction of sp³-hybridized carbons (Fsp3) is 0.714. The molecule has 0 radical (unpaired) electrons. The van der Waals surface area contributed by atoms with Crippen molar-refractivity contribution < 1.29 is 8.42 Å². The van der Waals surface area contributed by atoms with Crippen molar-refractivity contribution in [3.8, 4) is 0 Å². The molecule has 1 N–H and O–H groups in total. The second-order valence-electron chi connectivity index (χ2n) is 5.97. The Morgan fingerprint density at radius 2 is 2.10 bits per heavy atom. The van der Waals surface area contributed by atoms with Gasteiger partial charge in [0.2, 0.25) is 10.0 Å². The van der Waals surface area contributed by atoms with Crippen LogP contribution in [0.4, 0.5) is 0 Å². The Kier molecular flexibility index (Phi) is 4.89. The number of sulfonamides is 1. The van der Waals surface area contributed by atoms with E-state index < -0.39 is 10.0 Å². The summed E-state index contributed by atoms with van der Waals surface area (Å²) >= 11 is 1.58. The molecule has 0 aromatic carbocycles. The summed E-state index contributed by atoms with van der Waals surface area (Å²) in [6.07, 6.45) is 2.49. The smallest absolute Gasteiger partial charge is 0.243 e. The topological polar surface area (TPSA) is 49.4 Å². The first-order valence-corrected chi connectivity index (χ1v) is 9.35. The number of aryl methyl sites for hydroxylation is 1. The van der Waals surface area contributed by atoms with Gasteiger partial charge in [0.05, 0.1) is 4.90 Å². The minimum absolute atomic E-state index is 0.324. The van der Waals surface area contributed by atoms with E-state index in [1.807, 2.05) is 26.8 Å². The minimum Gasteiger partial charge on any atom is -0.309 e. The molecule has 0 aliphatic heterocycles. The summed E-state index contributed by atoms with van der Waals surface area (Å²) in [5, 5.41) is 3.43. The van der Waals surface area contributed by atoms with Crippen LogP contribution < -0.4 is 5.32 Å². The molecule has 0 atom stereocenters. The molecule has 1 aliphatic carbocycles. The molecule has 1 fully saturated rings. The van der Waals surface area contributed by atoms with Crippen LogP contribution >= 0.6 is 11.3 Å². The third-order valence-electron chi connectivity index (χ3n) is 3.38. The maximum atomic E-state index is 12.6. The molecule has 0 amide bonds. The van der Waals surface area contributed by atoms with Crippen molar-refractivity contribution in [3.05, 3.63) is 15.8 Å². The van der Waals surface area contributed by atoms with Gasteiger partial charge in [0.25, 0.3) is 0 Å². The van der Waals surface area contributed by atoms with Gasteiger partial charge in [0, 0.05) is 35.9 Å². The van der Waals surface area contributed by atoms with Crippen molar-refractivity contribution in [1.82, 2.24) is 9.62 Å². The molecule has 0 spiro atoms. The first kappa shape index (κ1) is 15.9. The number of thiophene rings is 1. The van der Waals surface area contributed by atoms with E-state index in [-0.39, 0.29) is 0 Å². The molecular formula is C14H24N2O2S2. The van der Waals surface area contributed by atoms with E-state index in [4.69, 9.17) is 0 Å². The van der Waals surface area contributed by atoms with Gasteiger partial charge in [-0.3, -0.25) is 0 Å². The maximum absolute atomic E-state index is 12.6. The summed E-state index contributed by atoms with van der Waals surface area (Å²) in [5.74, 6) is 0.324. The van der Waals surface area contributed by atoms with E-state index in [1.54, 1.807) is 18.4 Å². The average Bonchev–Trinajstić information content (AvgIpc) is 3.08. The van der Waals surface area contributed by atoms with Crippen LogP contribution in [0.5, 0.6) is 0 Å². The molecule has 0 unspecified atom stereocenters. The van der Waals surface area contributed by atoms with Crippen LogP contribution in [0, 0.1) is 12.8 Å². The van der Waals surface area contributed by atoms with E-state index in [0.717, 1.165) is 16.3 Å². The summed E-state index contributed by atoms with van der Waals surface area (Å²) < 4.78 is 26.6. The molecule has 4 nitrogen and oxygen atoms in total. The number of rotatable bonds is 7. The van der Waals surface area contributed by atoms with E-state index in [9.17, 15) is 8.42 Å². The molecule has 20 heavy (non-hydrogen) atoms. The van der Waals surface area contributed by atoms with Crippen LogP contribution in [0.3, 0.4) is 0 Å². The first-order chi connectivity index (χ1) is 9.30. The SMILES string of the molecule is Cc1sc(CNC2CC2)cc1S(=O)(=O)N(C)CC(C)C. The van der Waals surface area contributed by atoms with Crippen molar-refractivity contribution in [3.63, 3.8) is 0 Å². The Morgan fingerprint density at radius 3 is 2.65 bits per heavy atom. The van der Waals surface area contributed by atoms with E-state index in [0.29, 0.717) is 23.4 Å². The highest BCUT2D eigenvalue weighted by atomic mass is 32.2. The van der Waals surface area contributed by atoms with Crippen LogP contribution in [0.15, 0.2) is 11.0 Å². The van der Waals surface area contributed by atoms with Crippen molar-refractivity contribution in [2.75, 3.05) is 13.6 Å². The van der Waals surface area contributed by atoms with Crippen LogP contribution in [-0.2, 0) is 16.6 Å². The lowest BCUT2D eigenvalue weighted by Gasteiger charge is -2.18. The molecule has 1 aromatic rings.